The van der Waals surface area contributed by atoms with Crippen LogP contribution in [0.15, 0.2) is 158 Å². The van der Waals surface area contributed by atoms with Crippen molar-refractivity contribution in [2.24, 2.45) is 0 Å². The van der Waals surface area contributed by atoms with E-state index >= 15 is 0 Å². The molecule has 0 fully saturated rings. The molecule has 0 N–H and O–H groups in total. The molecule has 6 nitrogen and oxygen atoms in total. The maximum Gasteiger partial charge on any atom is 0.310 e. The minimum atomic E-state index is -0.855. The lowest BCUT2D eigenvalue weighted by Gasteiger charge is -2.18. The van der Waals surface area contributed by atoms with E-state index in [2.05, 4.69) is 167 Å². The van der Waals surface area contributed by atoms with Crippen molar-refractivity contribution in [1.82, 2.24) is 0 Å². The average Bonchev–Trinajstić information content (AvgIpc) is 3.34. The Morgan fingerprint density at radius 2 is 0.618 bits per heavy atom. The highest BCUT2D eigenvalue weighted by atomic mass is 16.6. The van der Waals surface area contributed by atoms with Gasteiger partial charge in [-0.3, -0.25) is 14.4 Å². The first-order chi connectivity index (χ1) is 33.5. The van der Waals surface area contributed by atoms with E-state index in [1.54, 1.807) is 6.08 Å². The largest absolute Gasteiger partial charge is 0.462 e. The predicted octanol–water partition coefficient (Wildman–Crippen LogP) is 17.8. The third kappa shape index (κ3) is 52.0. The van der Waals surface area contributed by atoms with Gasteiger partial charge in [-0.1, -0.05) is 224 Å². The Morgan fingerprint density at radius 3 is 0.971 bits per heavy atom. The maximum absolute atomic E-state index is 12.7. The molecule has 68 heavy (non-hydrogen) atoms. The summed E-state index contributed by atoms with van der Waals surface area (Å²) in [5.41, 5.74) is 0. The van der Waals surface area contributed by atoms with Crippen molar-refractivity contribution >= 4 is 17.9 Å². The van der Waals surface area contributed by atoms with Gasteiger partial charge in [0.1, 0.15) is 13.2 Å². The molecule has 0 rings (SSSR count). The number of rotatable bonds is 45. The zero-order valence-corrected chi connectivity index (χ0v) is 43.0. The number of ether oxygens (including phenoxy) is 3. The molecule has 0 radical (unpaired) electrons. The number of hydrogen-bond acceptors (Lipinski definition) is 6. The number of unbranched alkanes of at least 4 members (excludes halogenated alkanes) is 9. The van der Waals surface area contributed by atoms with Crippen LogP contribution < -0.4 is 0 Å². The molecule has 0 amide bonds. The van der Waals surface area contributed by atoms with Crippen LogP contribution >= 0.6 is 0 Å². The van der Waals surface area contributed by atoms with Gasteiger partial charge in [-0.2, -0.15) is 0 Å². The molecule has 0 aliphatic rings. The van der Waals surface area contributed by atoms with Crippen molar-refractivity contribution in [2.75, 3.05) is 13.2 Å². The minimum Gasteiger partial charge on any atom is -0.462 e. The molecule has 0 aromatic carbocycles. The van der Waals surface area contributed by atoms with Gasteiger partial charge in [0.15, 0.2) is 6.10 Å². The second-order valence-corrected chi connectivity index (χ2v) is 16.7. The predicted molar refractivity (Wildman–Crippen MR) is 292 cm³/mol. The molecule has 1 unspecified atom stereocenters. The fourth-order valence-corrected chi connectivity index (χ4v) is 6.41. The van der Waals surface area contributed by atoms with Crippen LogP contribution in [0.4, 0.5) is 0 Å². The smallest absolute Gasteiger partial charge is 0.310 e. The standard InChI is InChI=1S/C62H94O6/c1-4-7-10-13-16-19-21-23-25-26-27-28-29-30-31-32-33-34-35-36-38-39-41-43-46-49-52-55-61(64)67-58-59(57-66-60(63)54-51-48-45-18-15-12-9-6-3)68-62(65)56-53-50-47-44-42-40-37-24-22-20-17-14-11-8-5-2/h7-8,10-11,16-17,19-20,23-25,27-28,30-31,33-34,36-38,41-44,50,53,59H,4-6,9,12-15,18,21-22,26,29,32,35,39-40,45-49,51-52,54-58H2,1-3H3/b10-7-,11-8-,19-16-,20-17-,25-23-,28-27-,31-30-,34-33-,37-24-,38-36-,43-41-,44-42-,53-50-. The summed E-state index contributed by atoms with van der Waals surface area (Å²) in [5.74, 6) is -1.13. The average molecular weight is 935 g/mol. The normalized spacial score (nSPS) is 13.4. The lowest BCUT2D eigenvalue weighted by molar-refractivity contribution is -0.166. The molecule has 0 saturated carbocycles. The van der Waals surface area contributed by atoms with E-state index in [1.165, 1.54) is 32.1 Å². The van der Waals surface area contributed by atoms with Crippen LogP contribution in [0.25, 0.3) is 0 Å². The topological polar surface area (TPSA) is 78.9 Å². The van der Waals surface area contributed by atoms with Crippen LogP contribution in [0.2, 0.25) is 0 Å². The van der Waals surface area contributed by atoms with E-state index in [-0.39, 0.29) is 38.0 Å². The molecule has 0 bridgehead atoms. The highest BCUT2D eigenvalue weighted by Gasteiger charge is 2.19. The van der Waals surface area contributed by atoms with Gasteiger partial charge in [0, 0.05) is 12.8 Å². The summed E-state index contributed by atoms with van der Waals surface area (Å²) >= 11 is 0. The van der Waals surface area contributed by atoms with Gasteiger partial charge in [-0.15, -0.1) is 0 Å². The van der Waals surface area contributed by atoms with E-state index in [0.717, 1.165) is 109 Å². The SMILES string of the molecule is CC/C=C\C/C=C\C/C=C\C/C=C\C/C=C\C/C=C\C/C=C\C/C=C\CCCCC(=O)OCC(COC(=O)CCCCCCCCCC)OC(=O)C/C=C\C/C=C\C/C=C\C/C=C\C/C=C\CC. The van der Waals surface area contributed by atoms with Crippen molar-refractivity contribution in [3.63, 3.8) is 0 Å². The first-order valence-corrected chi connectivity index (χ1v) is 26.5. The molecular weight excluding hydrogens is 841 g/mol. The van der Waals surface area contributed by atoms with Gasteiger partial charge in [-0.25, -0.2) is 0 Å². The molecule has 0 aromatic heterocycles. The number of carbonyl (C=O) groups excluding carboxylic acids is 3. The summed E-state index contributed by atoms with van der Waals surface area (Å²) in [6.45, 7) is 6.22. The van der Waals surface area contributed by atoms with Crippen molar-refractivity contribution in [2.45, 2.75) is 200 Å². The summed E-state index contributed by atoms with van der Waals surface area (Å²) in [6, 6.07) is 0. The molecule has 0 aliphatic carbocycles. The number of esters is 3. The first-order valence-electron chi connectivity index (χ1n) is 26.5. The summed E-state index contributed by atoms with van der Waals surface area (Å²) < 4.78 is 16.6. The highest BCUT2D eigenvalue weighted by Crippen LogP contribution is 2.11. The zero-order valence-electron chi connectivity index (χ0n) is 43.0. The first kappa shape index (κ1) is 63.0. The zero-order chi connectivity index (χ0) is 49.3. The molecule has 0 saturated heterocycles. The van der Waals surface area contributed by atoms with Crippen LogP contribution in [0.5, 0.6) is 0 Å². The molecule has 0 aliphatic heterocycles. The number of allylic oxidation sites excluding steroid dienone is 25. The Kier molecular flexibility index (Phi) is 50.6. The fourth-order valence-electron chi connectivity index (χ4n) is 6.41. The van der Waals surface area contributed by atoms with Gasteiger partial charge in [-0.05, 0) is 109 Å². The van der Waals surface area contributed by atoms with Crippen molar-refractivity contribution in [3.05, 3.63) is 158 Å². The summed E-state index contributed by atoms with van der Waals surface area (Å²) in [5, 5.41) is 0. The molecule has 0 aromatic rings. The molecule has 378 valence electrons. The Hall–Kier alpha value is -4.97. The molecule has 6 heteroatoms. The molecule has 1 atom stereocenters. The second-order valence-electron chi connectivity index (χ2n) is 16.7. The quantitative estimate of drug-likeness (QED) is 0.0262. The van der Waals surface area contributed by atoms with E-state index < -0.39 is 12.1 Å². The van der Waals surface area contributed by atoms with E-state index in [0.29, 0.717) is 19.3 Å². The summed E-state index contributed by atoms with van der Waals surface area (Å²) in [7, 11) is 0. The summed E-state index contributed by atoms with van der Waals surface area (Å²) in [4.78, 5) is 37.8. The Balaban J connectivity index is 4.46. The lowest BCUT2D eigenvalue weighted by atomic mass is 10.1. The van der Waals surface area contributed by atoms with Gasteiger partial charge >= 0.3 is 17.9 Å². The third-order valence-corrected chi connectivity index (χ3v) is 10.3. The maximum atomic E-state index is 12.7. The molecule has 0 heterocycles. The van der Waals surface area contributed by atoms with Crippen molar-refractivity contribution in [3.8, 4) is 0 Å². The van der Waals surface area contributed by atoms with Gasteiger partial charge in [0.25, 0.3) is 0 Å². The van der Waals surface area contributed by atoms with Crippen LogP contribution in [-0.2, 0) is 28.6 Å². The Morgan fingerprint density at radius 1 is 0.324 bits per heavy atom. The number of carbonyl (C=O) groups is 3. The van der Waals surface area contributed by atoms with Gasteiger partial charge < -0.3 is 14.2 Å². The fraction of sp³-hybridized carbons (Fsp3) is 0.532. The minimum absolute atomic E-state index is 0.0803. The van der Waals surface area contributed by atoms with Crippen LogP contribution in [-0.4, -0.2) is 37.2 Å². The summed E-state index contributed by atoms with van der Waals surface area (Å²) in [6.07, 6.45) is 79.9. The molecule has 0 spiro atoms. The van der Waals surface area contributed by atoms with Crippen LogP contribution in [0, 0.1) is 0 Å². The number of hydrogen-bond donors (Lipinski definition) is 0. The second kappa shape index (κ2) is 54.6. The van der Waals surface area contributed by atoms with Crippen LogP contribution in [0.1, 0.15) is 194 Å². The highest BCUT2D eigenvalue weighted by molar-refractivity contribution is 5.72. The lowest BCUT2D eigenvalue weighted by Crippen LogP contribution is -2.30. The van der Waals surface area contributed by atoms with Crippen LogP contribution in [0.3, 0.4) is 0 Å². The monoisotopic (exact) mass is 935 g/mol. The van der Waals surface area contributed by atoms with E-state index in [1.807, 2.05) is 6.08 Å². The Bertz CT molecular complexity index is 1590. The third-order valence-electron chi connectivity index (χ3n) is 10.3. The van der Waals surface area contributed by atoms with Crippen molar-refractivity contribution in [1.29, 1.82) is 0 Å². The van der Waals surface area contributed by atoms with E-state index in [9.17, 15) is 14.4 Å². The Labute approximate surface area is 416 Å². The van der Waals surface area contributed by atoms with Gasteiger partial charge in [0.05, 0.1) is 6.42 Å². The van der Waals surface area contributed by atoms with Gasteiger partial charge in [0.2, 0.25) is 0 Å². The van der Waals surface area contributed by atoms with Crippen molar-refractivity contribution < 1.29 is 28.6 Å². The van der Waals surface area contributed by atoms with E-state index in [4.69, 9.17) is 14.2 Å². The molecular formula is C62H94O6.